The highest BCUT2D eigenvalue weighted by Gasteiger charge is 2.29. The minimum Gasteiger partial charge on any atom is -0.478 e. The fraction of sp³-hybridized carbons (Fsp3) is 0.143. The van der Waals surface area contributed by atoms with Crippen molar-refractivity contribution in [3.8, 4) is 0 Å². The molecular weight excluding hydrogens is 492 g/mol. The number of fused-ring (bicyclic) bond motifs is 2. The van der Waals surface area contributed by atoms with Crippen molar-refractivity contribution in [1.82, 2.24) is 0 Å². The van der Waals surface area contributed by atoms with Gasteiger partial charge in [-0.1, -0.05) is 18.2 Å². The summed E-state index contributed by atoms with van der Waals surface area (Å²) < 4.78 is 0. The van der Waals surface area contributed by atoms with E-state index in [0.717, 1.165) is 0 Å². The van der Waals surface area contributed by atoms with Gasteiger partial charge in [-0.3, -0.25) is 9.59 Å². The number of nitrogens with two attached hydrogens (primary N) is 2. The summed E-state index contributed by atoms with van der Waals surface area (Å²) in [5.41, 5.74) is 11.9. The maximum absolute atomic E-state index is 12.8. The van der Waals surface area contributed by atoms with Crippen molar-refractivity contribution in [3.63, 3.8) is 0 Å². The van der Waals surface area contributed by atoms with Crippen molar-refractivity contribution in [2.75, 3.05) is 13.2 Å². The van der Waals surface area contributed by atoms with Crippen LogP contribution in [0, 0.1) is 0 Å². The first-order valence-electron chi connectivity index (χ1n) is 11.7. The van der Waals surface area contributed by atoms with E-state index in [2.05, 4.69) is 0 Å². The Morgan fingerprint density at radius 3 is 1.55 bits per heavy atom. The third-order valence-corrected chi connectivity index (χ3v) is 7.09. The Balaban J connectivity index is 2.25. The number of aromatic carboxylic acids is 2. The SMILES string of the molecule is NC(=O)c1ccc2c3ccc(C(=O)O)c4c(C(=O)O)ccc(c5c(CCO)c(CCO)c(C(N)=O)c1c25)c43. The van der Waals surface area contributed by atoms with E-state index < -0.39 is 23.8 Å². The lowest BCUT2D eigenvalue weighted by molar-refractivity contribution is 0.0695. The fourth-order valence-electron chi connectivity index (χ4n) is 5.78. The minimum atomic E-state index is -1.31. The van der Waals surface area contributed by atoms with Crippen molar-refractivity contribution in [2.24, 2.45) is 11.5 Å². The lowest BCUT2D eigenvalue weighted by atomic mass is 9.79. The zero-order valence-corrected chi connectivity index (χ0v) is 19.9. The van der Waals surface area contributed by atoms with Gasteiger partial charge in [0.25, 0.3) is 0 Å². The number of carbonyl (C=O) groups excluding carboxylic acids is 2. The van der Waals surface area contributed by atoms with Gasteiger partial charge in [0.2, 0.25) is 11.8 Å². The second-order valence-corrected chi connectivity index (χ2v) is 8.98. The van der Waals surface area contributed by atoms with Crippen LogP contribution in [-0.4, -0.2) is 57.4 Å². The van der Waals surface area contributed by atoms with Gasteiger partial charge in [-0.2, -0.15) is 0 Å². The van der Waals surface area contributed by atoms with Gasteiger partial charge in [0, 0.05) is 29.5 Å². The summed E-state index contributed by atoms with van der Waals surface area (Å²) in [4.78, 5) is 49.7. The number of aliphatic hydroxyl groups is 2. The van der Waals surface area contributed by atoms with Crippen molar-refractivity contribution in [3.05, 3.63) is 69.8 Å². The maximum Gasteiger partial charge on any atom is 0.336 e. The van der Waals surface area contributed by atoms with E-state index in [1.165, 1.54) is 18.2 Å². The Bertz CT molecular complexity index is 1840. The molecule has 5 aromatic rings. The van der Waals surface area contributed by atoms with Crippen LogP contribution in [0.3, 0.4) is 0 Å². The van der Waals surface area contributed by atoms with E-state index >= 15 is 0 Å². The number of carboxylic acids is 2. The van der Waals surface area contributed by atoms with Crippen molar-refractivity contribution in [1.29, 1.82) is 0 Å². The number of benzene rings is 5. The van der Waals surface area contributed by atoms with Crippen LogP contribution in [0.4, 0.5) is 0 Å². The van der Waals surface area contributed by atoms with Crippen LogP contribution in [0.25, 0.3) is 43.1 Å². The summed E-state index contributed by atoms with van der Waals surface area (Å²) in [6.45, 7) is -0.708. The van der Waals surface area contributed by atoms with E-state index in [-0.39, 0.29) is 59.1 Å². The molecule has 0 aliphatic rings. The van der Waals surface area contributed by atoms with Crippen molar-refractivity contribution >= 4 is 66.8 Å². The zero-order valence-electron chi connectivity index (χ0n) is 19.9. The smallest absolute Gasteiger partial charge is 0.336 e. The van der Waals surface area contributed by atoms with Crippen LogP contribution in [0.1, 0.15) is 52.6 Å². The molecule has 10 nitrogen and oxygen atoms in total. The predicted molar refractivity (Wildman–Crippen MR) is 140 cm³/mol. The Morgan fingerprint density at radius 1 is 0.553 bits per heavy atom. The van der Waals surface area contributed by atoms with E-state index in [1.807, 2.05) is 0 Å². The van der Waals surface area contributed by atoms with Gasteiger partial charge < -0.3 is 31.9 Å². The topological polar surface area (TPSA) is 201 Å². The zero-order chi connectivity index (χ0) is 27.5. The molecule has 0 bridgehead atoms. The number of hydrogen-bond donors (Lipinski definition) is 6. The van der Waals surface area contributed by atoms with Gasteiger partial charge in [-0.05, 0) is 74.5 Å². The largest absolute Gasteiger partial charge is 0.478 e. The number of carbonyl (C=O) groups is 4. The number of aliphatic hydroxyl groups excluding tert-OH is 2. The van der Waals surface area contributed by atoms with Gasteiger partial charge in [-0.25, -0.2) is 9.59 Å². The maximum atomic E-state index is 12.8. The number of primary amides is 2. The van der Waals surface area contributed by atoms with Crippen LogP contribution >= 0.6 is 0 Å². The van der Waals surface area contributed by atoms with Gasteiger partial charge in [0.05, 0.1) is 16.7 Å². The molecule has 0 radical (unpaired) electrons. The van der Waals surface area contributed by atoms with E-state index in [4.69, 9.17) is 11.5 Å². The molecule has 0 fully saturated rings. The van der Waals surface area contributed by atoms with Crippen molar-refractivity contribution < 1.29 is 39.6 Å². The molecular formula is C28H22N2O8. The monoisotopic (exact) mass is 514 g/mol. The number of hydrogen-bond acceptors (Lipinski definition) is 6. The van der Waals surface area contributed by atoms with E-state index in [0.29, 0.717) is 43.4 Å². The van der Waals surface area contributed by atoms with E-state index in [1.54, 1.807) is 18.2 Å². The molecule has 5 aromatic carbocycles. The first-order valence-corrected chi connectivity index (χ1v) is 11.7. The van der Waals surface area contributed by atoms with Crippen LogP contribution in [0.15, 0.2) is 36.4 Å². The Kier molecular flexibility index (Phi) is 5.85. The lowest BCUT2D eigenvalue weighted by Gasteiger charge is -2.24. The second kappa shape index (κ2) is 8.94. The summed E-state index contributed by atoms with van der Waals surface area (Å²) in [6.07, 6.45) is 0.00854. The molecule has 0 atom stereocenters. The molecule has 0 unspecified atom stereocenters. The summed E-state index contributed by atoms with van der Waals surface area (Å²) >= 11 is 0. The predicted octanol–water partition coefficient (Wildman–Crippen LogP) is 2.40. The van der Waals surface area contributed by atoms with Gasteiger partial charge in [-0.15, -0.1) is 0 Å². The van der Waals surface area contributed by atoms with E-state index in [9.17, 15) is 39.6 Å². The fourth-order valence-corrected chi connectivity index (χ4v) is 5.78. The quantitative estimate of drug-likeness (QED) is 0.134. The summed E-state index contributed by atoms with van der Waals surface area (Å²) in [5.74, 6) is -4.28. The normalized spacial score (nSPS) is 11.6. The summed E-state index contributed by atoms with van der Waals surface area (Å²) in [5, 5.41) is 42.6. The lowest BCUT2D eigenvalue weighted by Crippen LogP contribution is -2.21. The molecule has 2 amide bonds. The summed E-state index contributed by atoms with van der Waals surface area (Å²) in [6, 6.07) is 8.77. The van der Waals surface area contributed by atoms with Crippen LogP contribution in [-0.2, 0) is 12.8 Å². The molecule has 38 heavy (non-hydrogen) atoms. The molecule has 0 aromatic heterocycles. The first-order chi connectivity index (χ1) is 18.1. The van der Waals surface area contributed by atoms with Gasteiger partial charge in [0.15, 0.2) is 0 Å². The average molecular weight is 514 g/mol. The van der Waals surface area contributed by atoms with Gasteiger partial charge in [0.1, 0.15) is 0 Å². The molecule has 0 heterocycles. The second-order valence-electron chi connectivity index (χ2n) is 8.98. The molecule has 10 heteroatoms. The number of carboxylic acid groups (broad SMARTS) is 2. The molecule has 0 aliphatic heterocycles. The molecule has 0 saturated heterocycles. The van der Waals surface area contributed by atoms with Crippen molar-refractivity contribution in [2.45, 2.75) is 12.8 Å². The third-order valence-electron chi connectivity index (χ3n) is 7.09. The Morgan fingerprint density at radius 2 is 1.05 bits per heavy atom. The van der Waals surface area contributed by atoms with Crippen LogP contribution < -0.4 is 11.5 Å². The average Bonchev–Trinajstić information content (AvgIpc) is 2.86. The summed E-state index contributed by atoms with van der Waals surface area (Å²) in [7, 11) is 0. The first kappa shape index (κ1) is 24.9. The van der Waals surface area contributed by atoms with Gasteiger partial charge >= 0.3 is 11.9 Å². The Labute approximate surface area is 214 Å². The molecule has 0 saturated carbocycles. The number of amides is 2. The highest BCUT2D eigenvalue weighted by Crippen LogP contribution is 2.46. The minimum absolute atomic E-state index is 0.000839. The van der Waals surface area contributed by atoms with Crippen LogP contribution in [0.5, 0.6) is 0 Å². The molecule has 5 rings (SSSR count). The highest BCUT2D eigenvalue weighted by molar-refractivity contribution is 6.39. The van der Waals surface area contributed by atoms with Crippen LogP contribution in [0.2, 0.25) is 0 Å². The molecule has 8 N–H and O–H groups in total. The molecule has 0 spiro atoms. The number of rotatable bonds is 8. The third kappa shape index (κ3) is 3.35. The molecule has 0 aliphatic carbocycles. The standard InChI is InChI=1S/C28H22N2O8/c29-25(33)16-4-1-12-11-2-5-17(27(35)36)21-18(28(37)38)6-3-15(19(11)21)20-13(7-9-31)14(8-10-32)24(26(30)34)23(16)22(12)20/h1-6,31-32H,7-10H2,(H2,29,33)(H2,30,34)(H,35,36)(H,37,38). The Hall–Kier alpha value is -4.80. The molecule has 192 valence electrons. The highest BCUT2D eigenvalue weighted by atomic mass is 16.4.